The van der Waals surface area contributed by atoms with E-state index in [1.165, 1.54) is 31.4 Å². The zero-order chi connectivity index (χ0) is 28.7. The van der Waals surface area contributed by atoms with E-state index in [1.807, 2.05) is 6.07 Å². The molecule has 0 radical (unpaired) electrons. The summed E-state index contributed by atoms with van der Waals surface area (Å²) in [6, 6.07) is 13.1. The number of ether oxygens (including phenoxy) is 2. The average Bonchev–Trinajstić information content (AvgIpc) is 2.89. The molecule has 3 rings (SSSR count). The van der Waals surface area contributed by atoms with Gasteiger partial charge < -0.3 is 14.8 Å². The number of alkyl halides is 3. The number of nitrogens with zero attached hydrogens (tertiary/aromatic N) is 2. The third kappa shape index (κ3) is 6.94. The predicted molar refractivity (Wildman–Crippen MR) is 139 cm³/mol. The number of allylic oxidation sites excluding steroid dienone is 1. The van der Waals surface area contributed by atoms with Crippen LogP contribution in [0.4, 0.5) is 24.5 Å². The minimum absolute atomic E-state index is 0.0172. The van der Waals surface area contributed by atoms with Crippen molar-refractivity contribution >= 4 is 35.0 Å². The number of nitro groups is 1. The van der Waals surface area contributed by atoms with Crippen LogP contribution in [0.1, 0.15) is 16.7 Å². The largest absolute Gasteiger partial charge is 0.493 e. The topological polar surface area (TPSA) is 114 Å². The summed E-state index contributed by atoms with van der Waals surface area (Å²) < 4.78 is 50.4. The normalized spacial score (nSPS) is 11.3. The summed E-state index contributed by atoms with van der Waals surface area (Å²) in [4.78, 5) is 23.2. The number of amides is 1. The van der Waals surface area contributed by atoms with Crippen molar-refractivity contribution in [2.24, 2.45) is 0 Å². The number of hydrogen-bond acceptors (Lipinski definition) is 6. The number of nitro benzene ring substituents is 1. The van der Waals surface area contributed by atoms with Crippen molar-refractivity contribution in [1.29, 1.82) is 5.26 Å². The van der Waals surface area contributed by atoms with Gasteiger partial charge in [0.05, 0.1) is 28.3 Å². The Morgan fingerprint density at radius 1 is 1.21 bits per heavy atom. The number of methoxy groups -OCH3 is 1. The first-order valence-corrected chi connectivity index (χ1v) is 11.4. The molecule has 0 fully saturated rings. The fraction of sp³-hybridized carbons (Fsp3) is 0.111. The smallest absolute Gasteiger partial charge is 0.416 e. The Kier molecular flexibility index (Phi) is 8.96. The lowest BCUT2D eigenvalue weighted by atomic mass is 10.0. The minimum atomic E-state index is -4.79. The molecule has 0 aliphatic heterocycles. The van der Waals surface area contributed by atoms with E-state index in [4.69, 9.17) is 21.1 Å². The Hall–Kier alpha value is -4.82. The van der Waals surface area contributed by atoms with E-state index in [-0.39, 0.29) is 28.5 Å². The molecule has 12 heteroatoms. The number of carbonyl (C=O) groups excluding carboxylic acids is 1. The molecule has 3 aromatic carbocycles. The fourth-order valence-electron chi connectivity index (χ4n) is 3.44. The van der Waals surface area contributed by atoms with Crippen LogP contribution >= 0.6 is 11.6 Å². The first-order chi connectivity index (χ1) is 18.5. The number of nitriles is 1. The second-order valence-corrected chi connectivity index (χ2v) is 8.25. The molecule has 0 aliphatic carbocycles. The summed E-state index contributed by atoms with van der Waals surface area (Å²) in [7, 11) is 1.28. The van der Waals surface area contributed by atoms with Gasteiger partial charge >= 0.3 is 11.9 Å². The Bertz CT molecular complexity index is 1510. The molecule has 8 nitrogen and oxygen atoms in total. The summed E-state index contributed by atoms with van der Waals surface area (Å²) in [5.74, 6) is -1.15. The summed E-state index contributed by atoms with van der Waals surface area (Å²) in [5.41, 5.74) is -1.37. The SMILES string of the molecule is C=CCc1cc(/C=C(\C#N)C(=O)Nc2ccccc2Cl)cc(OC)c1Oc1ccc(C(F)(F)F)cc1[N+](=O)[O-]. The standard InChI is InChI=1S/C27H19ClF3N3O5/c1-3-6-17-11-16(12-18(15-32)26(35)33-21-8-5-4-7-20(21)28)13-24(38-2)25(17)39-23-10-9-19(27(29,30)31)14-22(23)34(36)37/h3-5,7-14H,1,6H2,2H3,(H,33,35)/b18-12+. The van der Waals surface area contributed by atoms with Crippen molar-refractivity contribution in [2.45, 2.75) is 12.6 Å². The Morgan fingerprint density at radius 3 is 2.51 bits per heavy atom. The van der Waals surface area contributed by atoms with Crippen molar-refractivity contribution in [2.75, 3.05) is 12.4 Å². The molecule has 0 aliphatic rings. The molecule has 0 heterocycles. The zero-order valence-electron chi connectivity index (χ0n) is 20.2. The van der Waals surface area contributed by atoms with Crippen LogP contribution in [0.5, 0.6) is 17.2 Å². The molecule has 0 unspecified atom stereocenters. The molecule has 0 saturated heterocycles. The van der Waals surface area contributed by atoms with E-state index in [0.717, 1.165) is 6.07 Å². The highest BCUT2D eigenvalue weighted by molar-refractivity contribution is 6.34. The highest BCUT2D eigenvalue weighted by Gasteiger charge is 2.33. The molecule has 0 spiro atoms. The number of benzene rings is 3. The summed E-state index contributed by atoms with van der Waals surface area (Å²) in [6.07, 6.45) is -1.87. The van der Waals surface area contributed by atoms with Gasteiger partial charge in [0.25, 0.3) is 5.91 Å². The Morgan fingerprint density at radius 2 is 1.92 bits per heavy atom. The Balaban J connectivity index is 2.05. The van der Waals surface area contributed by atoms with Crippen molar-refractivity contribution < 1.29 is 32.4 Å². The third-order valence-corrected chi connectivity index (χ3v) is 5.56. The van der Waals surface area contributed by atoms with E-state index in [2.05, 4.69) is 11.9 Å². The summed E-state index contributed by atoms with van der Waals surface area (Å²) >= 11 is 6.06. The van der Waals surface area contributed by atoms with Crippen LogP contribution in [0.2, 0.25) is 5.02 Å². The van der Waals surface area contributed by atoms with E-state index < -0.39 is 34.0 Å². The van der Waals surface area contributed by atoms with Crippen molar-refractivity contribution in [3.63, 3.8) is 0 Å². The second-order valence-electron chi connectivity index (χ2n) is 7.85. The lowest BCUT2D eigenvalue weighted by molar-refractivity contribution is -0.385. The van der Waals surface area contributed by atoms with Crippen LogP contribution in [-0.4, -0.2) is 17.9 Å². The van der Waals surface area contributed by atoms with Gasteiger partial charge in [0.1, 0.15) is 11.6 Å². The van der Waals surface area contributed by atoms with Gasteiger partial charge in [0, 0.05) is 11.6 Å². The van der Waals surface area contributed by atoms with Gasteiger partial charge in [0.2, 0.25) is 5.75 Å². The van der Waals surface area contributed by atoms with E-state index in [0.29, 0.717) is 28.9 Å². The highest BCUT2D eigenvalue weighted by Crippen LogP contribution is 2.42. The number of para-hydroxylation sites is 1. The molecular weight excluding hydrogens is 539 g/mol. The van der Waals surface area contributed by atoms with Gasteiger partial charge in [-0.25, -0.2) is 0 Å². The lowest BCUT2D eigenvalue weighted by Gasteiger charge is -2.16. The monoisotopic (exact) mass is 557 g/mol. The van der Waals surface area contributed by atoms with Crippen LogP contribution in [0.25, 0.3) is 6.08 Å². The van der Waals surface area contributed by atoms with Gasteiger partial charge in [-0.1, -0.05) is 29.8 Å². The van der Waals surface area contributed by atoms with Crippen LogP contribution in [0, 0.1) is 21.4 Å². The van der Waals surface area contributed by atoms with Crippen LogP contribution in [-0.2, 0) is 17.4 Å². The Labute approximate surface area is 225 Å². The number of halogens is 4. The first kappa shape index (κ1) is 28.7. The second kappa shape index (κ2) is 12.1. The van der Waals surface area contributed by atoms with Gasteiger partial charge in [-0.2, -0.15) is 18.4 Å². The number of carbonyl (C=O) groups is 1. The van der Waals surface area contributed by atoms with Crippen LogP contribution in [0.15, 0.2) is 72.8 Å². The van der Waals surface area contributed by atoms with Crippen LogP contribution < -0.4 is 14.8 Å². The molecule has 1 amide bonds. The van der Waals surface area contributed by atoms with Gasteiger partial charge in [-0.3, -0.25) is 14.9 Å². The van der Waals surface area contributed by atoms with E-state index >= 15 is 0 Å². The predicted octanol–water partition coefficient (Wildman–Crippen LogP) is 7.34. The van der Waals surface area contributed by atoms with Crippen molar-refractivity contribution in [1.82, 2.24) is 0 Å². The third-order valence-electron chi connectivity index (χ3n) is 5.23. The van der Waals surface area contributed by atoms with Gasteiger partial charge in [0.15, 0.2) is 11.5 Å². The molecule has 0 saturated carbocycles. The average molecular weight is 558 g/mol. The van der Waals surface area contributed by atoms with Crippen molar-refractivity contribution in [3.8, 4) is 23.3 Å². The molecule has 0 aromatic heterocycles. The molecule has 0 bridgehead atoms. The molecule has 1 N–H and O–H groups in total. The molecule has 39 heavy (non-hydrogen) atoms. The number of rotatable bonds is 9. The number of anilines is 1. The lowest BCUT2D eigenvalue weighted by Crippen LogP contribution is -2.13. The summed E-state index contributed by atoms with van der Waals surface area (Å²) in [6.45, 7) is 3.66. The van der Waals surface area contributed by atoms with Gasteiger partial charge in [-0.05, 0) is 54.5 Å². The maximum atomic E-state index is 13.1. The molecule has 3 aromatic rings. The molecule has 200 valence electrons. The van der Waals surface area contributed by atoms with Crippen LogP contribution in [0.3, 0.4) is 0 Å². The zero-order valence-corrected chi connectivity index (χ0v) is 21.0. The summed E-state index contributed by atoms with van der Waals surface area (Å²) in [5, 5.41) is 23.9. The fourth-order valence-corrected chi connectivity index (χ4v) is 3.62. The minimum Gasteiger partial charge on any atom is -0.493 e. The maximum Gasteiger partial charge on any atom is 0.416 e. The van der Waals surface area contributed by atoms with Crippen molar-refractivity contribution in [3.05, 3.63) is 105 Å². The van der Waals surface area contributed by atoms with Gasteiger partial charge in [-0.15, -0.1) is 6.58 Å². The number of nitrogens with one attached hydrogen (secondary N) is 1. The quantitative estimate of drug-likeness (QED) is 0.0967. The maximum absolute atomic E-state index is 13.1. The first-order valence-electron chi connectivity index (χ1n) is 11.0. The molecule has 0 atom stereocenters. The highest BCUT2D eigenvalue weighted by atomic mass is 35.5. The van der Waals surface area contributed by atoms with E-state index in [1.54, 1.807) is 24.3 Å². The molecular formula is C27H19ClF3N3O5. The number of hydrogen-bond donors (Lipinski definition) is 1. The van der Waals surface area contributed by atoms with E-state index in [9.17, 15) is 33.3 Å².